The van der Waals surface area contributed by atoms with E-state index < -0.39 is 0 Å². The molecular weight excluding hydrogens is 217 g/mol. The van der Waals surface area contributed by atoms with Gasteiger partial charge in [0, 0.05) is 6.42 Å². The number of carbonyl (C=O) groups excluding carboxylic acids is 1. The summed E-state index contributed by atoms with van der Waals surface area (Å²) in [7, 11) is 0. The monoisotopic (exact) mass is 234 g/mol. The first-order valence-corrected chi connectivity index (χ1v) is 5.02. The summed E-state index contributed by atoms with van der Waals surface area (Å²) in [4.78, 5) is 11.1. The van der Waals surface area contributed by atoms with Crippen molar-refractivity contribution < 1.29 is 29.0 Å². The molecule has 0 atom stereocenters. The Balaban J connectivity index is 0.00000144. The van der Waals surface area contributed by atoms with Crippen molar-refractivity contribution in [1.29, 1.82) is 0 Å². The summed E-state index contributed by atoms with van der Waals surface area (Å²) in [6.45, 7) is 2.00. The van der Waals surface area contributed by atoms with Gasteiger partial charge in [0.05, 0.1) is 0 Å². The van der Waals surface area contributed by atoms with Gasteiger partial charge in [-0.15, -0.1) is 0 Å². The Morgan fingerprint density at radius 2 is 1.92 bits per heavy atom. The van der Waals surface area contributed by atoms with Crippen LogP contribution in [0.1, 0.15) is 51.9 Å². The third kappa shape index (κ3) is 5.41. The minimum atomic E-state index is -0.00981. The van der Waals surface area contributed by atoms with E-state index in [9.17, 15) is 4.79 Å². The van der Waals surface area contributed by atoms with E-state index in [2.05, 4.69) is 0 Å². The molecule has 0 amide bonds. The number of carbonyl (C=O) groups is 1. The minimum absolute atomic E-state index is 0. The van der Waals surface area contributed by atoms with Crippen molar-refractivity contribution in [2.24, 2.45) is 0 Å². The Morgan fingerprint density at radius 3 is 2.46 bits per heavy atom. The van der Waals surface area contributed by atoms with Crippen LogP contribution in [0.15, 0.2) is 0 Å². The molecule has 0 unspecified atom stereocenters. The fraction of sp³-hybridized carbons (Fsp3) is 0.900. The standard InChI is InChI=1S/C10H18O2.Zn/c1-2-6-10(11)12-9-7-4-3-5-8-9;/h9H,2-8H2,1H3;/q;+2. The van der Waals surface area contributed by atoms with Gasteiger partial charge in [-0.3, -0.25) is 4.79 Å². The van der Waals surface area contributed by atoms with Gasteiger partial charge in [0.25, 0.3) is 0 Å². The average Bonchev–Trinajstić information content (AvgIpc) is 2.06. The summed E-state index contributed by atoms with van der Waals surface area (Å²) >= 11 is 0. The first-order chi connectivity index (χ1) is 5.83. The predicted octanol–water partition coefficient (Wildman–Crippen LogP) is 2.66. The van der Waals surface area contributed by atoms with Crippen LogP contribution >= 0.6 is 0 Å². The molecule has 0 N–H and O–H groups in total. The molecule has 1 saturated carbocycles. The molecule has 1 aliphatic rings. The molecule has 0 aromatic rings. The molecular formula is C10H18O2Zn+2. The van der Waals surface area contributed by atoms with Crippen LogP contribution < -0.4 is 0 Å². The second-order valence-corrected chi connectivity index (χ2v) is 3.50. The van der Waals surface area contributed by atoms with E-state index in [4.69, 9.17) is 4.74 Å². The van der Waals surface area contributed by atoms with Crippen molar-refractivity contribution in [3.8, 4) is 0 Å². The fourth-order valence-electron chi connectivity index (χ4n) is 1.63. The van der Waals surface area contributed by atoms with E-state index in [1.54, 1.807) is 0 Å². The van der Waals surface area contributed by atoms with Gasteiger partial charge in [-0.2, -0.15) is 0 Å². The van der Waals surface area contributed by atoms with Crippen LogP contribution in [0, 0.1) is 0 Å². The Kier molecular flexibility index (Phi) is 7.55. The summed E-state index contributed by atoms with van der Waals surface area (Å²) in [5.74, 6) is -0.00981. The van der Waals surface area contributed by atoms with Gasteiger partial charge in [0.1, 0.15) is 6.10 Å². The second-order valence-electron chi connectivity index (χ2n) is 3.50. The van der Waals surface area contributed by atoms with Gasteiger partial charge < -0.3 is 4.74 Å². The quantitative estimate of drug-likeness (QED) is 0.555. The number of hydrogen-bond acceptors (Lipinski definition) is 2. The Labute approximate surface area is 93.2 Å². The maximum absolute atomic E-state index is 11.1. The third-order valence-corrected chi connectivity index (χ3v) is 2.30. The van der Waals surface area contributed by atoms with Crippen molar-refractivity contribution >= 4 is 5.97 Å². The largest absolute Gasteiger partial charge is 2.00 e. The molecule has 1 aliphatic carbocycles. The summed E-state index contributed by atoms with van der Waals surface area (Å²) < 4.78 is 5.29. The summed E-state index contributed by atoms with van der Waals surface area (Å²) in [6, 6.07) is 0. The Hall–Kier alpha value is 0.0934. The van der Waals surface area contributed by atoms with E-state index in [0.717, 1.165) is 19.3 Å². The number of hydrogen-bond donors (Lipinski definition) is 0. The molecule has 0 aliphatic heterocycles. The zero-order valence-electron chi connectivity index (χ0n) is 8.55. The smallest absolute Gasteiger partial charge is 0.462 e. The van der Waals surface area contributed by atoms with E-state index >= 15 is 0 Å². The van der Waals surface area contributed by atoms with Crippen LogP contribution in [0.2, 0.25) is 0 Å². The maximum atomic E-state index is 11.1. The summed E-state index contributed by atoms with van der Waals surface area (Å²) in [5, 5.41) is 0. The van der Waals surface area contributed by atoms with E-state index in [0.29, 0.717) is 6.42 Å². The SMILES string of the molecule is CCCC(=O)OC1CCCCC1.[Zn+2]. The van der Waals surface area contributed by atoms with Gasteiger partial charge in [-0.1, -0.05) is 13.3 Å². The van der Waals surface area contributed by atoms with Crippen molar-refractivity contribution in [1.82, 2.24) is 0 Å². The minimum Gasteiger partial charge on any atom is -0.462 e. The molecule has 1 rings (SSSR count). The first-order valence-electron chi connectivity index (χ1n) is 5.02. The molecule has 13 heavy (non-hydrogen) atoms. The van der Waals surface area contributed by atoms with Crippen molar-refractivity contribution in [3.63, 3.8) is 0 Å². The normalized spacial score (nSPS) is 17.6. The fourth-order valence-corrected chi connectivity index (χ4v) is 1.63. The molecule has 0 saturated heterocycles. The molecule has 70 valence electrons. The predicted molar refractivity (Wildman–Crippen MR) is 47.9 cm³/mol. The zero-order chi connectivity index (χ0) is 8.81. The number of esters is 1. The Morgan fingerprint density at radius 1 is 1.31 bits per heavy atom. The van der Waals surface area contributed by atoms with Gasteiger partial charge in [0.15, 0.2) is 0 Å². The zero-order valence-corrected chi connectivity index (χ0v) is 11.5. The van der Waals surface area contributed by atoms with Crippen LogP contribution in [0.25, 0.3) is 0 Å². The van der Waals surface area contributed by atoms with Gasteiger partial charge in [0.2, 0.25) is 0 Å². The van der Waals surface area contributed by atoms with E-state index in [1.165, 1.54) is 19.3 Å². The topological polar surface area (TPSA) is 26.3 Å². The van der Waals surface area contributed by atoms with Crippen molar-refractivity contribution in [2.45, 2.75) is 58.0 Å². The van der Waals surface area contributed by atoms with E-state index in [1.807, 2.05) is 6.92 Å². The number of rotatable bonds is 3. The molecule has 0 spiro atoms. The maximum Gasteiger partial charge on any atom is 2.00 e. The van der Waals surface area contributed by atoms with Crippen LogP contribution in [0.4, 0.5) is 0 Å². The molecule has 0 heterocycles. The molecule has 0 radical (unpaired) electrons. The molecule has 2 nitrogen and oxygen atoms in total. The van der Waals surface area contributed by atoms with E-state index in [-0.39, 0.29) is 31.6 Å². The van der Waals surface area contributed by atoms with Gasteiger partial charge >= 0.3 is 25.4 Å². The molecule has 0 aromatic carbocycles. The van der Waals surface area contributed by atoms with Crippen LogP contribution in [-0.2, 0) is 29.0 Å². The van der Waals surface area contributed by atoms with Crippen molar-refractivity contribution in [3.05, 3.63) is 0 Å². The first kappa shape index (κ1) is 13.1. The molecule has 0 aromatic heterocycles. The van der Waals surface area contributed by atoms with Crippen LogP contribution in [0.5, 0.6) is 0 Å². The second kappa shape index (κ2) is 7.49. The van der Waals surface area contributed by atoms with Crippen LogP contribution in [-0.4, -0.2) is 12.1 Å². The number of ether oxygens (including phenoxy) is 1. The van der Waals surface area contributed by atoms with Crippen LogP contribution in [0.3, 0.4) is 0 Å². The Bertz CT molecular complexity index is 142. The van der Waals surface area contributed by atoms with Crippen molar-refractivity contribution in [2.75, 3.05) is 0 Å². The third-order valence-electron chi connectivity index (χ3n) is 2.30. The summed E-state index contributed by atoms with van der Waals surface area (Å²) in [5.41, 5.74) is 0. The molecule has 3 heteroatoms. The average molecular weight is 236 g/mol. The molecule has 0 bridgehead atoms. The summed E-state index contributed by atoms with van der Waals surface area (Å²) in [6.07, 6.45) is 7.63. The van der Waals surface area contributed by atoms with Gasteiger partial charge in [-0.25, -0.2) is 0 Å². The molecule has 1 fully saturated rings. The van der Waals surface area contributed by atoms with Gasteiger partial charge in [-0.05, 0) is 32.1 Å².